The van der Waals surface area contributed by atoms with E-state index in [1.807, 2.05) is 17.0 Å². The number of rotatable bonds is 7. The maximum absolute atomic E-state index is 13.4. The van der Waals surface area contributed by atoms with E-state index in [2.05, 4.69) is 9.55 Å². The highest BCUT2D eigenvalue weighted by Crippen LogP contribution is 2.35. The van der Waals surface area contributed by atoms with Crippen LogP contribution in [0.3, 0.4) is 0 Å². The summed E-state index contributed by atoms with van der Waals surface area (Å²) in [5.74, 6) is 1.76. The predicted octanol–water partition coefficient (Wildman–Crippen LogP) is 5.01. The van der Waals surface area contributed by atoms with E-state index < -0.39 is 0 Å². The number of carbonyl (C=O) groups is 2. The van der Waals surface area contributed by atoms with E-state index in [0.717, 1.165) is 49.3 Å². The number of nitrogens with zero attached hydrogens (tertiary/aromatic N) is 4. The molecule has 2 aliphatic rings. The molecule has 4 heterocycles. The Morgan fingerprint density at radius 3 is 2.42 bits per heavy atom. The van der Waals surface area contributed by atoms with Crippen LogP contribution in [0.5, 0.6) is 11.5 Å². The fourth-order valence-corrected chi connectivity index (χ4v) is 5.74. The van der Waals surface area contributed by atoms with Crippen LogP contribution in [0, 0.1) is 0 Å². The molecule has 2 aromatic carbocycles. The van der Waals surface area contributed by atoms with Gasteiger partial charge in [-0.15, -0.1) is 0 Å². The molecule has 2 aromatic heterocycles. The fraction of sp³-hybridized carbons (Fsp3) is 0.355. The van der Waals surface area contributed by atoms with Crippen molar-refractivity contribution < 1.29 is 23.8 Å². The summed E-state index contributed by atoms with van der Waals surface area (Å²) in [6.45, 7) is 2.01. The number of ether oxygens (including phenoxy) is 3. The summed E-state index contributed by atoms with van der Waals surface area (Å²) in [6, 6.07) is 16.0. The number of pyridine rings is 1. The van der Waals surface area contributed by atoms with Crippen molar-refractivity contribution in [2.75, 3.05) is 33.9 Å². The number of methoxy groups -OCH3 is 2. The second-order valence-corrected chi connectivity index (χ2v) is 10.2. The molecular weight excluding hydrogens is 508 g/mol. The number of imidazole rings is 1. The van der Waals surface area contributed by atoms with Crippen LogP contribution in [0.1, 0.15) is 69.9 Å². The Kier molecular flexibility index (Phi) is 7.21. The number of likely N-dealkylation sites (tertiary alicyclic amines) is 1. The quantitative estimate of drug-likeness (QED) is 0.304. The molecule has 1 amide bonds. The van der Waals surface area contributed by atoms with Crippen molar-refractivity contribution >= 4 is 22.9 Å². The zero-order chi connectivity index (χ0) is 27.6. The van der Waals surface area contributed by atoms with Gasteiger partial charge in [-0.1, -0.05) is 12.1 Å². The maximum Gasteiger partial charge on any atom is 0.253 e. The number of hydrogen-bond acceptors (Lipinski definition) is 7. The molecule has 2 saturated heterocycles. The van der Waals surface area contributed by atoms with Gasteiger partial charge in [-0.25, -0.2) is 9.97 Å². The smallest absolute Gasteiger partial charge is 0.253 e. The zero-order valence-corrected chi connectivity index (χ0v) is 22.7. The lowest BCUT2D eigenvalue weighted by atomic mass is 9.99. The van der Waals surface area contributed by atoms with Gasteiger partial charge in [-0.3, -0.25) is 9.59 Å². The first kappa shape index (κ1) is 26.0. The van der Waals surface area contributed by atoms with E-state index in [1.54, 1.807) is 55.8 Å². The van der Waals surface area contributed by atoms with Crippen LogP contribution >= 0.6 is 0 Å². The lowest BCUT2D eigenvalue weighted by Crippen LogP contribution is -2.39. The van der Waals surface area contributed by atoms with Gasteiger partial charge in [0.2, 0.25) is 0 Å². The summed E-state index contributed by atoms with van der Waals surface area (Å²) in [4.78, 5) is 38.0. The van der Waals surface area contributed by atoms with E-state index in [-0.39, 0.29) is 23.8 Å². The number of benzene rings is 2. The van der Waals surface area contributed by atoms with Gasteiger partial charge in [0, 0.05) is 43.1 Å². The first-order valence-electron chi connectivity index (χ1n) is 13.7. The molecule has 206 valence electrons. The van der Waals surface area contributed by atoms with Crippen LogP contribution in [-0.2, 0) is 4.74 Å². The topological polar surface area (TPSA) is 95.8 Å². The Balaban J connectivity index is 1.16. The van der Waals surface area contributed by atoms with Crippen molar-refractivity contribution in [3.63, 3.8) is 0 Å². The molecule has 40 heavy (non-hydrogen) atoms. The minimum absolute atomic E-state index is 0.00738. The molecule has 0 N–H and O–H groups in total. The monoisotopic (exact) mass is 540 g/mol. The molecule has 0 spiro atoms. The Hall–Kier alpha value is -4.24. The molecular formula is C31H32N4O5. The highest BCUT2D eigenvalue weighted by Gasteiger charge is 2.31. The molecule has 0 saturated carbocycles. The molecule has 9 nitrogen and oxygen atoms in total. The van der Waals surface area contributed by atoms with Crippen LogP contribution in [-0.4, -0.2) is 65.0 Å². The third-order valence-electron chi connectivity index (χ3n) is 7.86. The van der Waals surface area contributed by atoms with Crippen molar-refractivity contribution in [1.82, 2.24) is 19.4 Å². The molecule has 6 rings (SSSR count). The van der Waals surface area contributed by atoms with Gasteiger partial charge in [0.1, 0.15) is 28.9 Å². The summed E-state index contributed by atoms with van der Waals surface area (Å²) >= 11 is 0. The SMILES string of the molecule is COc1ccc(OC)c(C(=O)c2ccc(C(=O)N3CCC(n4c(C5CCCO5)nc5cccnc54)CC3)cc2)c1. The maximum atomic E-state index is 13.4. The average Bonchev–Trinajstić information content (AvgIpc) is 3.69. The van der Waals surface area contributed by atoms with E-state index in [9.17, 15) is 9.59 Å². The summed E-state index contributed by atoms with van der Waals surface area (Å²) < 4.78 is 18.9. The van der Waals surface area contributed by atoms with E-state index >= 15 is 0 Å². The molecule has 1 atom stereocenters. The Morgan fingerprint density at radius 1 is 0.950 bits per heavy atom. The molecule has 0 aliphatic carbocycles. The van der Waals surface area contributed by atoms with E-state index in [4.69, 9.17) is 19.2 Å². The fourth-order valence-electron chi connectivity index (χ4n) is 5.74. The van der Waals surface area contributed by atoms with Crippen LogP contribution in [0.4, 0.5) is 0 Å². The van der Waals surface area contributed by atoms with Crippen molar-refractivity contribution in [3.8, 4) is 11.5 Å². The van der Waals surface area contributed by atoms with Gasteiger partial charge in [0.05, 0.1) is 19.8 Å². The first-order chi connectivity index (χ1) is 19.6. The van der Waals surface area contributed by atoms with Gasteiger partial charge < -0.3 is 23.7 Å². The summed E-state index contributed by atoms with van der Waals surface area (Å²) in [5, 5.41) is 0. The Morgan fingerprint density at radius 2 is 1.73 bits per heavy atom. The lowest BCUT2D eigenvalue weighted by Gasteiger charge is -2.34. The van der Waals surface area contributed by atoms with Crippen LogP contribution in [0.2, 0.25) is 0 Å². The second kappa shape index (κ2) is 11.1. The number of carbonyl (C=O) groups excluding carboxylic acids is 2. The van der Waals surface area contributed by atoms with Gasteiger partial charge in [-0.05, 0) is 68.1 Å². The number of fused-ring (bicyclic) bond motifs is 1. The predicted molar refractivity (Wildman–Crippen MR) is 149 cm³/mol. The Bertz CT molecular complexity index is 1530. The molecule has 1 unspecified atom stereocenters. The molecule has 2 fully saturated rings. The van der Waals surface area contributed by atoms with Gasteiger partial charge in [0.15, 0.2) is 11.4 Å². The van der Waals surface area contributed by atoms with Crippen LogP contribution in [0.25, 0.3) is 11.2 Å². The highest BCUT2D eigenvalue weighted by molar-refractivity contribution is 6.11. The normalized spacial score (nSPS) is 17.8. The summed E-state index contributed by atoms with van der Waals surface area (Å²) in [7, 11) is 3.08. The number of amides is 1. The standard InChI is InChI=1S/C31H32N4O5/c1-38-23-11-12-26(39-2)24(19-23)28(36)20-7-9-21(10-8-20)31(37)34-16-13-22(14-17-34)35-29-25(5-3-15-32-29)33-30(35)27-6-4-18-40-27/h3,5,7-12,15,19,22,27H,4,6,13-14,16-18H2,1-2H3. The van der Waals surface area contributed by atoms with Gasteiger partial charge in [0.25, 0.3) is 5.91 Å². The third-order valence-corrected chi connectivity index (χ3v) is 7.86. The summed E-state index contributed by atoms with van der Waals surface area (Å²) in [5.41, 5.74) is 3.20. The van der Waals surface area contributed by atoms with Crippen LogP contribution in [0.15, 0.2) is 60.8 Å². The second-order valence-electron chi connectivity index (χ2n) is 10.2. The lowest BCUT2D eigenvalue weighted by molar-refractivity contribution is 0.0681. The van der Waals surface area contributed by atoms with E-state index in [0.29, 0.717) is 41.3 Å². The van der Waals surface area contributed by atoms with Crippen molar-refractivity contribution in [1.29, 1.82) is 0 Å². The van der Waals surface area contributed by atoms with E-state index in [1.165, 1.54) is 7.11 Å². The summed E-state index contributed by atoms with van der Waals surface area (Å²) in [6.07, 6.45) is 5.40. The molecule has 0 radical (unpaired) electrons. The molecule has 0 bridgehead atoms. The largest absolute Gasteiger partial charge is 0.497 e. The number of hydrogen-bond donors (Lipinski definition) is 0. The van der Waals surface area contributed by atoms with Gasteiger partial charge >= 0.3 is 0 Å². The van der Waals surface area contributed by atoms with Crippen molar-refractivity contribution in [2.45, 2.75) is 37.8 Å². The van der Waals surface area contributed by atoms with Crippen molar-refractivity contribution in [2.24, 2.45) is 0 Å². The minimum Gasteiger partial charge on any atom is -0.497 e. The number of ketones is 1. The zero-order valence-electron chi connectivity index (χ0n) is 22.7. The Labute approximate surface area is 232 Å². The number of aromatic nitrogens is 3. The average molecular weight is 541 g/mol. The third kappa shape index (κ3) is 4.81. The first-order valence-corrected chi connectivity index (χ1v) is 13.7. The molecule has 9 heteroatoms. The minimum atomic E-state index is -0.196. The highest BCUT2D eigenvalue weighted by atomic mass is 16.5. The van der Waals surface area contributed by atoms with Crippen molar-refractivity contribution in [3.05, 3.63) is 83.3 Å². The number of piperidine rings is 1. The van der Waals surface area contributed by atoms with Crippen LogP contribution < -0.4 is 9.47 Å². The van der Waals surface area contributed by atoms with Gasteiger partial charge in [-0.2, -0.15) is 0 Å². The molecule has 2 aliphatic heterocycles. The molecule has 4 aromatic rings.